The van der Waals surface area contributed by atoms with Gasteiger partial charge in [-0.3, -0.25) is 0 Å². The zero-order chi connectivity index (χ0) is 11.4. The fourth-order valence-corrected chi connectivity index (χ4v) is 1.77. The lowest BCUT2D eigenvalue weighted by atomic mass is 10.1. The van der Waals surface area contributed by atoms with Crippen molar-refractivity contribution in [3.05, 3.63) is 54.4 Å². The van der Waals surface area contributed by atoms with E-state index in [9.17, 15) is 0 Å². The standard InChI is InChI=1S/C14H18N2/c1-2-13(15)10-12-8-9-16(11-12)14-6-4-3-5-7-14/h3-9,11,13H,2,10,15H2,1H3. The first-order valence-corrected chi connectivity index (χ1v) is 5.77. The highest BCUT2D eigenvalue weighted by Crippen LogP contribution is 2.11. The van der Waals surface area contributed by atoms with Crippen LogP contribution in [0.5, 0.6) is 0 Å². The molecule has 0 amide bonds. The average molecular weight is 214 g/mol. The summed E-state index contributed by atoms with van der Waals surface area (Å²) in [6.07, 6.45) is 6.23. The minimum Gasteiger partial charge on any atom is -0.327 e. The summed E-state index contributed by atoms with van der Waals surface area (Å²) in [6.45, 7) is 2.12. The van der Waals surface area contributed by atoms with Gasteiger partial charge in [-0.05, 0) is 36.6 Å². The van der Waals surface area contributed by atoms with Crippen molar-refractivity contribution in [3.63, 3.8) is 0 Å². The van der Waals surface area contributed by atoms with E-state index >= 15 is 0 Å². The second-order valence-corrected chi connectivity index (χ2v) is 4.14. The van der Waals surface area contributed by atoms with Gasteiger partial charge in [0.05, 0.1) is 0 Å². The molecule has 1 unspecified atom stereocenters. The van der Waals surface area contributed by atoms with Gasteiger partial charge in [0.1, 0.15) is 0 Å². The Hall–Kier alpha value is -1.54. The van der Waals surface area contributed by atoms with Gasteiger partial charge in [-0.15, -0.1) is 0 Å². The summed E-state index contributed by atoms with van der Waals surface area (Å²) >= 11 is 0. The summed E-state index contributed by atoms with van der Waals surface area (Å²) in [5.41, 5.74) is 8.44. The maximum Gasteiger partial charge on any atom is 0.0449 e. The number of benzene rings is 1. The van der Waals surface area contributed by atoms with Gasteiger partial charge < -0.3 is 10.3 Å². The largest absolute Gasteiger partial charge is 0.327 e. The van der Waals surface area contributed by atoms with E-state index in [1.807, 2.05) is 18.2 Å². The maximum absolute atomic E-state index is 5.94. The predicted molar refractivity (Wildman–Crippen MR) is 67.7 cm³/mol. The Balaban J connectivity index is 2.14. The van der Waals surface area contributed by atoms with Crippen LogP contribution < -0.4 is 5.73 Å². The molecule has 1 atom stereocenters. The van der Waals surface area contributed by atoms with Gasteiger partial charge in [-0.1, -0.05) is 25.1 Å². The minimum absolute atomic E-state index is 0.270. The van der Waals surface area contributed by atoms with Crippen molar-refractivity contribution in [1.82, 2.24) is 4.57 Å². The molecule has 1 aromatic carbocycles. The van der Waals surface area contributed by atoms with E-state index in [1.165, 1.54) is 11.3 Å². The Bertz CT molecular complexity index is 431. The number of nitrogens with two attached hydrogens (primary N) is 1. The predicted octanol–water partition coefficient (Wildman–Crippen LogP) is 2.76. The molecule has 0 spiro atoms. The van der Waals surface area contributed by atoms with Crippen LogP contribution in [0.1, 0.15) is 18.9 Å². The SMILES string of the molecule is CCC(N)Cc1ccn(-c2ccccc2)c1. The van der Waals surface area contributed by atoms with Crippen molar-refractivity contribution in [3.8, 4) is 5.69 Å². The molecule has 0 aliphatic heterocycles. The number of rotatable bonds is 4. The highest BCUT2D eigenvalue weighted by molar-refractivity contribution is 5.33. The van der Waals surface area contributed by atoms with E-state index in [2.05, 4.69) is 42.1 Å². The second kappa shape index (κ2) is 4.99. The van der Waals surface area contributed by atoms with E-state index < -0.39 is 0 Å². The van der Waals surface area contributed by atoms with E-state index in [1.54, 1.807) is 0 Å². The maximum atomic E-state index is 5.94. The molecule has 2 nitrogen and oxygen atoms in total. The lowest BCUT2D eigenvalue weighted by molar-refractivity contribution is 0.646. The Morgan fingerprint density at radius 3 is 2.62 bits per heavy atom. The third-order valence-corrected chi connectivity index (χ3v) is 2.83. The number of aromatic nitrogens is 1. The number of nitrogens with zero attached hydrogens (tertiary/aromatic N) is 1. The topological polar surface area (TPSA) is 30.9 Å². The molecule has 0 radical (unpaired) electrons. The van der Waals surface area contributed by atoms with Crippen molar-refractivity contribution in [2.45, 2.75) is 25.8 Å². The van der Waals surface area contributed by atoms with Gasteiger partial charge in [0.25, 0.3) is 0 Å². The van der Waals surface area contributed by atoms with Crippen LogP contribution in [0.2, 0.25) is 0 Å². The highest BCUT2D eigenvalue weighted by Gasteiger charge is 2.03. The molecule has 1 aromatic heterocycles. The van der Waals surface area contributed by atoms with Crippen LogP contribution in [0.25, 0.3) is 5.69 Å². The van der Waals surface area contributed by atoms with Crippen molar-refractivity contribution in [2.75, 3.05) is 0 Å². The third kappa shape index (κ3) is 2.52. The van der Waals surface area contributed by atoms with Crippen molar-refractivity contribution in [2.24, 2.45) is 5.73 Å². The molecule has 16 heavy (non-hydrogen) atoms. The average Bonchev–Trinajstić information content (AvgIpc) is 2.78. The summed E-state index contributed by atoms with van der Waals surface area (Å²) in [5.74, 6) is 0. The van der Waals surface area contributed by atoms with Gasteiger partial charge >= 0.3 is 0 Å². The molecule has 2 aromatic rings. The lowest BCUT2D eigenvalue weighted by Crippen LogP contribution is -2.20. The van der Waals surface area contributed by atoms with E-state index in [0.29, 0.717) is 0 Å². The first kappa shape index (κ1) is 11.0. The normalized spacial score (nSPS) is 12.6. The van der Waals surface area contributed by atoms with Crippen LogP contribution in [0.4, 0.5) is 0 Å². The van der Waals surface area contributed by atoms with Crippen LogP contribution in [-0.4, -0.2) is 10.6 Å². The lowest BCUT2D eigenvalue weighted by Gasteiger charge is -2.06. The molecule has 84 valence electrons. The van der Waals surface area contributed by atoms with Crippen LogP contribution in [0.3, 0.4) is 0 Å². The summed E-state index contributed by atoms with van der Waals surface area (Å²) in [5, 5.41) is 0. The monoisotopic (exact) mass is 214 g/mol. The molecule has 2 N–H and O–H groups in total. The highest BCUT2D eigenvalue weighted by atomic mass is 14.9. The smallest absolute Gasteiger partial charge is 0.0449 e. The summed E-state index contributed by atoms with van der Waals surface area (Å²) in [4.78, 5) is 0. The molecular formula is C14H18N2. The molecule has 0 bridgehead atoms. The quantitative estimate of drug-likeness (QED) is 0.833. The molecule has 0 fully saturated rings. The van der Waals surface area contributed by atoms with Crippen LogP contribution in [0.15, 0.2) is 48.8 Å². The first-order chi connectivity index (χ1) is 7.79. The molecule has 2 rings (SSSR count). The number of para-hydroxylation sites is 1. The van der Waals surface area contributed by atoms with Gasteiger partial charge in [-0.2, -0.15) is 0 Å². The van der Waals surface area contributed by atoms with Crippen LogP contribution in [-0.2, 0) is 6.42 Å². The molecule has 0 saturated heterocycles. The first-order valence-electron chi connectivity index (χ1n) is 5.77. The molecule has 0 saturated carbocycles. The van der Waals surface area contributed by atoms with Crippen molar-refractivity contribution in [1.29, 1.82) is 0 Å². The molecular weight excluding hydrogens is 196 g/mol. The fraction of sp³-hybridized carbons (Fsp3) is 0.286. The van der Waals surface area contributed by atoms with Crippen molar-refractivity contribution < 1.29 is 0 Å². The fourth-order valence-electron chi connectivity index (χ4n) is 1.77. The Labute approximate surface area is 96.7 Å². The van der Waals surface area contributed by atoms with Crippen LogP contribution in [0, 0.1) is 0 Å². The molecule has 0 aliphatic carbocycles. The number of hydrogen-bond donors (Lipinski definition) is 1. The van der Waals surface area contributed by atoms with Crippen molar-refractivity contribution >= 4 is 0 Å². The Morgan fingerprint density at radius 2 is 1.94 bits per heavy atom. The molecule has 1 heterocycles. The second-order valence-electron chi connectivity index (χ2n) is 4.14. The van der Waals surface area contributed by atoms with E-state index in [0.717, 1.165) is 12.8 Å². The zero-order valence-electron chi connectivity index (χ0n) is 9.63. The summed E-state index contributed by atoms with van der Waals surface area (Å²) in [6, 6.07) is 12.7. The van der Waals surface area contributed by atoms with E-state index in [-0.39, 0.29) is 6.04 Å². The number of hydrogen-bond acceptors (Lipinski definition) is 1. The minimum atomic E-state index is 0.270. The molecule has 2 heteroatoms. The van der Waals surface area contributed by atoms with Gasteiger partial charge in [-0.25, -0.2) is 0 Å². The van der Waals surface area contributed by atoms with Gasteiger partial charge in [0.2, 0.25) is 0 Å². The van der Waals surface area contributed by atoms with Gasteiger partial charge in [0, 0.05) is 24.1 Å². The van der Waals surface area contributed by atoms with Crippen LogP contribution >= 0.6 is 0 Å². The molecule has 0 aliphatic rings. The summed E-state index contributed by atoms with van der Waals surface area (Å²) < 4.78 is 2.14. The van der Waals surface area contributed by atoms with Gasteiger partial charge in [0.15, 0.2) is 0 Å². The van der Waals surface area contributed by atoms with E-state index in [4.69, 9.17) is 5.73 Å². The Kier molecular flexibility index (Phi) is 3.42. The zero-order valence-corrected chi connectivity index (χ0v) is 9.63. The Morgan fingerprint density at radius 1 is 1.19 bits per heavy atom. The third-order valence-electron chi connectivity index (χ3n) is 2.83. The summed E-state index contributed by atoms with van der Waals surface area (Å²) in [7, 11) is 0.